The van der Waals surface area contributed by atoms with E-state index in [1.165, 1.54) is 23.9 Å². The molecule has 0 heterocycles. The number of amidine groups is 1. The molecular formula is C8H9BrN4O2S. The second kappa shape index (κ2) is 5.71. The van der Waals surface area contributed by atoms with Crippen LogP contribution in [-0.4, -0.2) is 10.1 Å². The van der Waals surface area contributed by atoms with Gasteiger partial charge >= 0.3 is 0 Å². The molecular weight excluding hydrogens is 296 g/mol. The fourth-order valence-corrected chi connectivity index (χ4v) is 2.28. The molecule has 0 atom stereocenters. The summed E-state index contributed by atoms with van der Waals surface area (Å²) < 4.78 is 0.666. The largest absolute Gasteiger partial charge is 0.377 e. The van der Waals surface area contributed by atoms with Crippen LogP contribution < -0.4 is 11.6 Å². The summed E-state index contributed by atoms with van der Waals surface area (Å²) in [6.07, 6.45) is 0. The number of nitrogens with two attached hydrogens (primary N) is 2. The number of hydrazone groups is 1. The Bertz CT molecular complexity index is 438. The maximum absolute atomic E-state index is 10.5. The molecule has 8 heteroatoms. The number of rotatable bonds is 3. The van der Waals surface area contributed by atoms with Crippen LogP contribution in [0.2, 0.25) is 0 Å². The highest BCUT2D eigenvalue weighted by Crippen LogP contribution is 2.26. The summed E-state index contributed by atoms with van der Waals surface area (Å²) in [5.74, 6) is 5.53. The molecule has 0 aliphatic rings. The third-order valence-electron chi connectivity index (χ3n) is 1.75. The predicted molar refractivity (Wildman–Crippen MR) is 67.9 cm³/mol. The minimum atomic E-state index is -0.447. The lowest BCUT2D eigenvalue weighted by atomic mass is 10.2. The number of benzene rings is 1. The van der Waals surface area contributed by atoms with Gasteiger partial charge in [-0.1, -0.05) is 33.8 Å². The van der Waals surface area contributed by atoms with Gasteiger partial charge in [-0.05, 0) is 5.56 Å². The summed E-state index contributed by atoms with van der Waals surface area (Å²) in [7, 11) is 0. The maximum Gasteiger partial charge on any atom is 0.270 e. The van der Waals surface area contributed by atoms with E-state index in [4.69, 9.17) is 11.6 Å². The summed E-state index contributed by atoms with van der Waals surface area (Å²) in [4.78, 5) is 10.1. The first-order valence-corrected chi connectivity index (χ1v) is 5.91. The normalized spacial score (nSPS) is 11.4. The van der Waals surface area contributed by atoms with Gasteiger partial charge in [-0.3, -0.25) is 10.1 Å². The first-order valence-electron chi connectivity index (χ1n) is 4.13. The number of nitro benzene ring substituents is 1. The number of nitrogens with zero attached hydrogens (tertiary/aromatic N) is 2. The van der Waals surface area contributed by atoms with Gasteiger partial charge in [0.05, 0.1) is 4.92 Å². The number of halogens is 1. The average Bonchev–Trinajstić information content (AvgIpc) is 2.26. The molecule has 1 aromatic rings. The van der Waals surface area contributed by atoms with Gasteiger partial charge < -0.3 is 11.6 Å². The zero-order valence-electron chi connectivity index (χ0n) is 8.09. The summed E-state index contributed by atoms with van der Waals surface area (Å²) in [6.45, 7) is 0. The van der Waals surface area contributed by atoms with Gasteiger partial charge in [-0.2, -0.15) is 5.10 Å². The average molecular weight is 305 g/mol. The molecule has 1 aromatic carbocycles. The number of hydrogen-bond acceptors (Lipinski definition) is 5. The van der Waals surface area contributed by atoms with Crippen molar-refractivity contribution in [3.63, 3.8) is 0 Å². The molecule has 0 bridgehead atoms. The van der Waals surface area contributed by atoms with E-state index >= 15 is 0 Å². The maximum atomic E-state index is 10.5. The van der Waals surface area contributed by atoms with Gasteiger partial charge in [0.1, 0.15) is 0 Å². The molecule has 0 amide bonds. The van der Waals surface area contributed by atoms with Crippen molar-refractivity contribution < 1.29 is 4.92 Å². The van der Waals surface area contributed by atoms with Crippen molar-refractivity contribution in [2.45, 2.75) is 5.75 Å². The van der Waals surface area contributed by atoms with Crippen LogP contribution in [0.5, 0.6) is 0 Å². The zero-order valence-corrected chi connectivity index (χ0v) is 10.5. The van der Waals surface area contributed by atoms with Crippen molar-refractivity contribution >= 4 is 38.5 Å². The fraction of sp³-hybridized carbons (Fsp3) is 0.125. The Morgan fingerprint density at radius 3 is 2.81 bits per heavy atom. The van der Waals surface area contributed by atoms with Gasteiger partial charge in [0.15, 0.2) is 5.17 Å². The third kappa shape index (κ3) is 3.38. The predicted octanol–water partition coefficient (Wildman–Crippen LogP) is 1.78. The molecule has 0 saturated carbocycles. The van der Waals surface area contributed by atoms with Crippen LogP contribution in [0.4, 0.5) is 5.69 Å². The molecule has 6 nitrogen and oxygen atoms in total. The Hall–Kier alpha value is -1.28. The van der Waals surface area contributed by atoms with Crippen molar-refractivity contribution in [1.29, 1.82) is 0 Å². The van der Waals surface area contributed by atoms with Crippen molar-refractivity contribution in [3.05, 3.63) is 38.3 Å². The van der Waals surface area contributed by atoms with Crippen LogP contribution in [0.1, 0.15) is 5.56 Å². The van der Waals surface area contributed by atoms with E-state index in [1.54, 1.807) is 6.07 Å². The Morgan fingerprint density at radius 1 is 1.62 bits per heavy atom. The highest BCUT2D eigenvalue weighted by atomic mass is 79.9. The number of nitro groups is 1. The third-order valence-corrected chi connectivity index (χ3v) is 3.34. The Labute approximate surface area is 104 Å². The van der Waals surface area contributed by atoms with Crippen LogP contribution in [-0.2, 0) is 5.75 Å². The number of non-ortho nitro benzene ring substituents is 1. The Balaban J connectivity index is 2.79. The second-order valence-electron chi connectivity index (χ2n) is 2.79. The molecule has 4 N–H and O–H groups in total. The smallest absolute Gasteiger partial charge is 0.270 e. The van der Waals surface area contributed by atoms with E-state index in [2.05, 4.69) is 21.0 Å². The van der Waals surface area contributed by atoms with E-state index in [0.717, 1.165) is 5.56 Å². The molecule has 0 unspecified atom stereocenters. The van der Waals surface area contributed by atoms with Crippen molar-refractivity contribution in [2.75, 3.05) is 0 Å². The molecule has 0 aliphatic heterocycles. The van der Waals surface area contributed by atoms with Crippen molar-refractivity contribution in [3.8, 4) is 0 Å². The van der Waals surface area contributed by atoms with E-state index < -0.39 is 4.92 Å². The SMILES string of the molecule is NN=C(N)SCc1ccc([N+](=O)[O-])cc1Br. The summed E-state index contributed by atoms with van der Waals surface area (Å²) in [6, 6.07) is 4.56. The molecule has 0 spiro atoms. The van der Waals surface area contributed by atoms with Gasteiger partial charge in [-0.15, -0.1) is 0 Å². The van der Waals surface area contributed by atoms with Gasteiger partial charge in [0, 0.05) is 22.4 Å². The lowest BCUT2D eigenvalue weighted by Gasteiger charge is -2.03. The van der Waals surface area contributed by atoms with Crippen LogP contribution >= 0.6 is 27.7 Å². The van der Waals surface area contributed by atoms with Gasteiger partial charge in [0.25, 0.3) is 5.69 Å². The second-order valence-corrected chi connectivity index (χ2v) is 4.64. The topological polar surface area (TPSA) is 108 Å². The van der Waals surface area contributed by atoms with E-state index in [0.29, 0.717) is 10.2 Å². The lowest BCUT2D eigenvalue weighted by Crippen LogP contribution is -2.09. The lowest BCUT2D eigenvalue weighted by molar-refractivity contribution is -0.384. The van der Waals surface area contributed by atoms with Crippen molar-refractivity contribution in [1.82, 2.24) is 0 Å². The van der Waals surface area contributed by atoms with Crippen LogP contribution in [0.3, 0.4) is 0 Å². The first kappa shape index (κ1) is 12.8. The highest BCUT2D eigenvalue weighted by molar-refractivity contribution is 9.10. The van der Waals surface area contributed by atoms with Crippen LogP contribution in [0.15, 0.2) is 27.8 Å². The molecule has 0 saturated heterocycles. The molecule has 0 aliphatic carbocycles. The Kier molecular flexibility index (Phi) is 4.56. The Morgan fingerprint density at radius 2 is 2.31 bits per heavy atom. The number of thioether (sulfide) groups is 1. The zero-order chi connectivity index (χ0) is 12.1. The molecule has 0 fully saturated rings. The quantitative estimate of drug-likeness (QED) is 0.291. The fourth-order valence-electron chi connectivity index (χ4n) is 0.956. The van der Waals surface area contributed by atoms with Gasteiger partial charge in [-0.25, -0.2) is 0 Å². The molecule has 1 rings (SSSR count). The highest BCUT2D eigenvalue weighted by Gasteiger charge is 2.09. The minimum absolute atomic E-state index is 0.0427. The summed E-state index contributed by atoms with van der Waals surface area (Å²) in [5.41, 5.74) is 6.35. The first-order chi connectivity index (χ1) is 7.54. The molecule has 86 valence electrons. The molecule has 0 aromatic heterocycles. The molecule has 0 radical (unpaired) electrons. The van der Waals surface area contributed by atoms with Crippen molar-refractivity contribution in [2.24, 2.45) is 16.7 Å². The summed E-state index contributed by atoms with van der Waals surface area (Å²) in [5, 5.41) is 14.1. The van der Waals surface area contributed by atoms with Gasteiger partial charge in [0.2, 0.25) is 0 Å². The summed E-state index contributed by atoms with van der Waals surface area (Å²) >= 11 is 4.52. The number of hydrogen-bond donors (Lipinski definition) is 2. The minimum Gasteiger partial charge on any atom is -0.377 e. The standard InChI is InChI=1S/C8H9BrN4O2S/c9-7-3-6(13(14)15)2-1-5(7)4-16-8(10)12-11/h1-3H,4,11H2,(H2,10,12). The van der Waals surface area contributed by atoms with Crippen LogP contribution in [0.25, 0.3) is 0 Å². The van der Waals surface area contributed by atoms with E-state index in [-0.39, 0.29) is 10.9 Å². The van der Waals surface area contributed by atoms with E-state index in [9.17, 15) is 10.1 Å². The monoisotopic (exact) mass is 304 g/mol. The van der Waals surface area contributed by atoms with Crippen LogP contribution in [0, 0.1) is 10.1 Å². The molecule has 16 heavy (non-hydrogen) atoms. The van der Waals surface area contributed by atoms with E-state index in [1.807, 2.05) is 0 Å².